The first-order chi connectivity index (χ1) is 11.7. The predicted molar refractivity (Wildman–Crippen MR) is 107 cm³/mol. The number of rotatable bonds is 6. The second-order valence-corrected chi connectivity index (χ2v) is 8.34. The van der Waals surface area contributed by atoms with Crippen molar-refractivity contribution in [2.45, 2.75) is 20.8 Å². The number of hydrogen-bond donors (Lipinski definition) is 1. The van der Waals surface area contributed by atoms with E-state index >= 15 is 0 Å². The second kappa shape index (κ2) is 8.11. The van der Waals surface area contributed by atoms with Crippen LogP contribution in [0, 0.1) is 12.3 Å². The molecule has 1 heterocycles. The van der Waals surface area contributed by atoms with Gasteiger partial charge in [0.25, 0.3) is 5.91 Å². The smallest absolute Gasteiger partial charge is 0.253 e. The van der Waals surface area contributed by atoms with Crippen LogP contribution in [0.25, 0.3) is 11.3 Å². The highest BCUT2D eigenvalue weighted by molar-refractivity contribution is 9.10. The summed E-state index contributed by atoms with van der Waals surface area (Å²) in [5, 5.41) is 3.04. The summed E-state index contributed by atoms with van der Waals surface area (Å²) in [5.41, 5.74) is 3.26. The molecule has 2 rings (SSSR count). The Kier molecular flexibility index (Phi) is 6.36. The largest absolute Gasteiger partial charge is 0.351 e. The molecule has 0 aliphatic carbocycles. The number of aryl methyl sites for hydroxylation is 1. The van der Waals surface area contributed by atoms with E-state index in [1.54, 1.807) is 0 Å². The van der Waals surface area contributed by atoms with Crippen molar-refractivity contribution >= 4 is 21.8 Å². The van der Waals surface area contributed by atoms with Gasteiger partial charge in [-0.1, -0.05) is 41.9 Å². The van der Waals surface area contributed by atoms with Crippen LogP contribution in [0.5, 0.6) is 0 Å². The van der Waals surface area contributed by atoms with Crippen molar-refractivity contribution in [2.75, 3.05) is 27.2 Å². The molecule has 4 nitrogen and oxygen atoms in total. The first-order valence-corrected chi connectivity index (χ1v) is 9.14. The average molecular weight is 404 g/mol. The molecule has 1 aromatic heterocycles. The van der Waals surface area contributed by atoms with Gasteiger partial charge in [-0.15, -0.1) is 0 Å². The molecule has 0 bridgehead atoms. The summed E-state index contributed by atoms with van der Waals surface area (Å²) in [6.07, 6.45) is 0. The molecule has 0 spiro atoms. The molecular formula is C20H26BrN3O. The molecule has 1 aromatic carbocycles. The predicted octanol–water partition coefficient (Wildman–Crippen LogP) is 4.14. The number of amides is 1. The lowest BCUT2D eigenvalue weighted by Crippen LogP contribution is -2.40. The Hall–Kier alpha value is -1.72. The maximum atomic E-state index is 12.5. The number of nitrogens with zero attached hydrogens (tertiary/aromatic N) is 2. The van der Waals surface area contributed by atoms with Crippen LogP contribution in [0.2, 0.25) is 0 Å². The van der Waals surface area contributed by atoms with Gasteiger partial charge in [0.15, 0.2) is 0 Å². The molecule has 134 valence electrons. The topological polar surface area (TPSA) is 45.2 Å². The summed E-state index contributed by atoms with van der Waals surface area (Å²) in [5.74, 6) is -0.0716. The van der Waals surface area contributed by atoms with E-state index in [0.717, 1.165) is 28.0 Å². The van der Waals surface area contributed by atoms with E-state index in [9.17, 15) is 4.79 Å². The van der Waals surface area contributed by atoms with Crippen LogP contribution in [0.3, 0.4) is 0 Å². The van der Waals surface area contributed by atoms with Gasteiger partial charge in [0, 0.05) is 23.1 Å². The fraction of sp³-hybridized carbons (Fsp3) is 0.400. The maximum absolute atomic E-state index is 12.5. The number of nitrogens with one attached hydrogen (secondary N) is 1. The first kappa shape index (κ1) is 19.6. The van der Waals surface area contributed by atoms with Crippen LogP contribution in [0.1, 0.15) is 29.9 Å². The number of benzene rings is 1. The van der Waals surface area contributed by atoms with Gasteiger partial charge in [-0.25, -0.2) is 0 Å². The Bertz CT molecular complexity index is 756. The standard InChI is InChI=1S/C20H26BrN3O/c1-14-17(19(25)22-12-20(2,3)13-24(4)5)9-10-18(23-14)15-7-6-8-16(21)11-15/h6-11H,12-13H2,1-5H3,(H,22,25). The van der Waals surface area contributed by atoms with Crippen molar-refractivity contribution in [3.63, 3.8) is 0 Å². The van der Waals surface area contributed by atoms with Gasteiger partial charge in [-0.3, -0.25) is 9.78 Å². The summed E-state index contributed by atoms with van der Waals surface area (Å²) < 4.78 is 1.01. The Morgan fingerprint density at radius 3 is 2.56 bits per heavy atom. The maximum Gasteiger partial charge on any atom is 0.253 e. The van der Waals surface area contributed by atoms with Gasteiger partial charge in [-0.05, 0) is 50.7 Å². The zero-order chi connectivity index (χ0) is 18.6. The fourth-order valence-electron chi connectivity index (χ4n) is 2.94. The lowest BCUT2D eigenvalue weighted by atomic mass is 9.93. The van der Waals surface area contributed by atoms with Crippen LogP contribution in [0.4, 0.5) is 0 Å². The van der Waals surface area contributed by atoms with Crippen molar-refractivity contribution in [2.24, 2.45) is 5.41 Å². The summed E-state index contributed by atoms with van der Waals surface area (Å²) in [6.45, 7) is 7.70. The SMILES string of the molecule is Cc1nc(-c2cccc(Br)c2)ccc1C(=O)NCC(C)(C)CN(C)C. The van der Waals surface area contributed by atoms with Crippen LogP contribution < -0.4 is 5.32 Å². The van der Waals surface area contributed by atoms with E-state index in [1.165, 1.54) is 0 Å². The number of carbonyl (C=O) groups is 1. The molecule has 0 aliphatic heterocycles. The third-order valence-electron chi connectivity index (χ3n) is 3.92. The zero-order valence-electron chi connectivity index (χ0n) is 15.6. The molecule has 2 aromatic rings. The van der Waals surface area contributed by atoms with Gasteiger partial charge in [0.1, 0.15) is 0 Å². The van der Waals surface area contributed by atoms with Crippen molar-refractivity contribution in [1.82, 2.24) is 15.2 Å². The van der Waals surface area contributed by atoms with Crippen LogP contribution in [0.15, 0.2) is 40.9 Å². The molecule has 1 N–H and O–H groups in total. The van der Waals surface area contributed by atoms with Crippen molar-refractivity contribution in [3.05, 3.63) is 52.1 Å². The van der Waals surface area contributed by atoms with Crippen molar-refractivity contribution in [3.8, 4) is 11.3 Å². The summed E-state index contributed by atoms with van der Waals surface area (Å²) in [6, 6.07) is 11.7. The minimum Gasteiger partial charge on any atom is -0.351 e. The average Bonchev–Trinajstić information content (AvgIpc) is 2.51. The van der Waals surface area contributed by atoms with E-state index in [1.807, 2.05) is 57.4 Å². The Morgan fingerprint density at radius 1 is 1.24 bits per heavy atom. The van der Waals surface area contributed by atoms with Crippen LogP contribution in [-0.4, -0.2) is 43.0 Å². The van der Waals surface area contributed by atoms with Gasteiger partial charge >= 0.3 is 0 Å². The quantitative estimate of drug-likeness (QED) is 0.787. The number of hydrogen-bond acceptors (Lipinski definition) is 3. The first-order valence-electron chi connectivity index (χ1n) is 8.34. The molecule has 0 radical (unpaired) electrons. The third-order valence-corrected chi connectivity index (χ3v) is 4.42. The lowest BCUT2D eigenvalue weighted by Gasteiger charge is -2.28. The number of pyridine rings is 1. The monoisotopic (exact) mass is 403 g/mol. The van der Waals surface area contributed by atoms with Gasteiger partial charge in [-0.2, -0.15) is 0 Å². The number of aromatic nitrogens is 1. The van der Waals surface area contributed by atoms with Crippen molar-refractivity contribution in [1.29, 1.82) is 0 Å². The van der Waals surface area contributed by atoms with Gasteiger partial charge < -0.3 is 10.2 Å². The Morgan fingerprint density at radius 2 is 1.96 bits per heavy atom. The summed E-state index contributed by atoms with van der Waals surface area (Å²) in [4.78, 5) is 19.3. The molecule has 0 saturated heterocycles. The fourth-order valence-corrected chi connectivity index (χ4v) is 3.34. The van der Waals surface area contributed by atoms with Gasteiger partial charge in [0.2, 0.25) is 0 Å². The minimum absolute atomic E-state index is 0.0107. The van der Waals surface area contributed by atoms with E-state index in [4.69, 9.17) is 0 Å². The van der Waals surface area contributed by atoms with Crippen LogP contribution >= 0.6 is 15.9 Å². The summed E-state index contributed by atoms with van der Waals surface area (Å²) in [7, 11) is 4.08. The number of halogens is 1. The molecule has 0 aliphatic rings. The van der Waals surface area contributed by atoms with E-state index in [2.05, 4.69) is 45.0 Å². The lowest BCUT2D eigenvalue weighted by molar-refractivity contribution is 0.0928. The van der Waals surface area contributed by atoms with Gasteiger partial charge in [0.05, 0.1) is 17.0 Å². The number of carbonyl (C=O) groups excluding carboxylic acids is 1. The van der Waals surface area contributed by atoms with Crippen molar-refractivity contribution < 1.29 is 4.79 Å². The summed E-state index contributed by atoms with van der Waals surface area (Å²) >= 11 is 3.48. The molecule has 1 amide bonds. The molecule has 0 saturated carbocycles. The van der Waals surface area contributed by atoms with E-state index in [0.29, 0.717) is 12.1 Å². The Balaban J connectivity index is 2.11. The minimum atomic E-state index is -0.0716. The molecule has 0 fully saturated rings. The van der Waals surface area contributed by atoms with Crippen LogP contribution in [-0.2, 0) is 0 Å². The molecule has 0 atom stereocenters. The molecule has 0 unspecified atom stereocenters. The highest BCUT2D eigenvalue weighted by Crippen LogP contribution is 2.22. The van der Waals surface area contributed by atoms with E-state index in [-0.39, 0.29) is 11.3 Å². The molecular weight excluding hydrogens is 378 g/mol. The third kappa shape index (κ3) is 5.65. The highest BCUT2D eigenvalue weighted by atomic mass is 79.9. The Labute approximate surface area is 158 Å². The molecule has 25 heavy (non-hydrogen) atoms. The molecule has 5 heteroatoms. The second-order valence-electron chi connectivity index (χ2n) is 7.42. The zero-order valence-corrected chi connectivity index (χ0v) is 17.1. The van der Waals surface area contributed by atoms with E-state index < -0.39 is 0 Å². The normalized spacial score (nSPS) is 11.6. The highest BCUT2D eigenvalue weighted by Gasteiger charge is 2.21.